The van der Waals surface area contributed by atoms with Gasteiger partial charge in [0.25, 0.3) is 5.91 Å². The lowest BCUT2D eigenvalue weighted by Gasteiger charge is -2.36. The van der Waals surface area contributed by atoms with Crippen LogP contribution in [-0.4, -0.2) is 49.1 Å². The lowest BCUT2D eigenvalue weighted by molar-refractivity contribution is 0.000681. The van der Waals surface area contributed by atoms with Crippen molar-refractivity contribution in [2.75, 3.05) is 10.6 Å². The summed E-state index contributed by atoms with van der Waals surface area (Å²) in [5, 5.41) is 14.5. The van der Waals surface area contributed by atoms with E-state index in [0.29, 0.717) is 23.7 Å². The van der Waals surface area contributed by atoms with Crippen molar-refractivity contribution in [1.29, 1.82) is 0 Å². The molecule has 1 saturated carbocycles. The van der Waals surface area contributed by atoms with Crippen LogP contribution in [0.2, 0.25) is 0 Å². The number of benzene rings is 1. The molecular weight excluding hydrogens is 501 g/mol. The van der Waals surface area contributed by atoms with Gasteiger partial charge >= 0.3 is 0 Å². The summed E-state index contributed by atoms with van der Waals surface area (Å²) in [5.74, 6) is -1.50. The average Bonchev–Trinajstić information content (AvgIpc) is 3.47. The Morgan fingerprint density at radius 2 is 1.92 bits per heavy atom. The first-order valence-electron chi connectivity index (χ1n) is 12.7. The van der Waals surface area contributed by atoms with Crippen molar-refractivity contribution in [2.24, 2.45) is 11.5 Å². The Morgan fingerprint density at radius 1 is 1.15 bits per heavy atom. The quantitative estimate of drug-likeness (QED) is 0.254. The number of amides is 1. The van der Waals surface area contributed by atoms with Crippen LogP contribution in [-0.2, 0) is 11.3 Å². The van der Waals surface area contributed by atoms with Crippen LogP contribution in [0.5, 0.6) is 0 Å². The van der Waals surface area contributed by atoms with Crippen LogP contribution >= 0.6 is 0 Å². The van der Waals surface area contributed by atoms with Crippen LogP contribution in [0, 0.1) is 12.7 Å². The van der Waals surface area contributed by atoms with E-state index >= 15 is 4.39 Å². The van der Waals surface area contributed by atoms with E-state index < -0.39 is 11.7 Å². The number of hydrogen-bond acceptors (Lipinski definition) is 9. The topological polar surface area (TPSA) is 159 Å². The van der Waals surface area contributed by atoms with Gasteiger partial charge in [0, 0.05) is 6.04 Å². The first kappa shape index (κ1) is 26.2. The monoisotopic (exact) mass is 531 g/mol. The molecule has 3 atom stereocenters. The zero-order valence-corrected chi connectivity index (χ0v) is 21.4. The number of aryl methyl sites for hydroxylation is 1. The standard InChI is InChI=1S/C27H30FN9O2/c1-16-22(37-32-10-11-33-37)12-18(14-31-16)34-26-19(25(30)38)13-20(28)27(36-26)35-21-8-5-9-23(24(21)29)39-15-17-6-3-2-4-7-17/h2-4,6-7,10-14,21,23-24H,5,8-9,15,29H2,1H3,(H2,30,38)(H2,34,35,36)/t21?,23-,24-/m1/s1. The Labute approximate surface area is 224 Å². The number of nitrogens with one attached hydrogen (secondary N) is 2. The van der Waals surface area contributed by atoms with Crippen molar-refractivity contribution >= 4 is 23.2 Å². The molecule has 3 heterocycles. The summed E-state index contributed by atoms with van der Waals surface area (Å²) in [5.41, 5.74) is 14.9. The van der Waals surface area contributed by atoms with Gasteiger partial charge in [-0.15, -0.1) is 4.80 Å². The Hall–Kier alpha value is -4.42. The van der Waals surface area contributed by atoms with Crippen molar-refractivity contribution < 1.29 is 13.9 Å². The van der Waals surface area contributed by atoms with Gasteiger partial charge in [-0.05, 0) is 43.9 Å². The van der Waals surface area contributed by atoms with Crippen molar-refractivity contribution in [3.8, 4) is 5.69 Å². The van der Waals surface area contributed by atoms with E-state index in [9.17, 15) is 4.79 Å². The highest BCUT2D eigenvalue weighted by molar-refractivity contribution is 5.98. The summed E-state index contributed by atoms with van der Waals surface area (Å²) in [6, 6.07) is 12.0. The number of aromatic nitrogens is 5. The molecule has 1 aliphatic carbocycles. The molecule has 12 heteroatoms. The van der Waals surface area contributed by atoms with E-state index in [-0.39, 0.29) is 35.4 Å². The van der Waals surface area contributed by atoms with Gasteiger partial charge in [-0.2, -0.15) is 10.2 Å². The summed E-state index contributed by atoms with van der Waals surface area (Å²) in [4.78, 5) is 22.3. The number of nitrogens with zero attached hydrogens (tertiary/aromatic N) is 5. The molecule has 5 rings (SSSR count). The van der Waals surface area contributed by atoms with Crippen LogP contribution in [0.15, 0.2) is 61.1 Å². The fraction of sp³-hybridized carbons (Fsp3) is 0.296. The number of halogens is 1. The number of carbonyl (C=O) groups is 1. The molecule has 1 aromatic carbocycles. The number of pyridine rings is 2. The van der Waals surface area contributed by atoms with Gasteiger partial charge in [0.05, 0.1) is 54.3 Å². The third-order valence-electron chi connectivity index (χ3n) is 6.73. The second kappa shape index (κ2) is 11.5. The molecular formula is C27H30FN9O2. The number of nitrogens with two attached hydrogens (primary N) is 2. The highest BCUT2D eigenvalue weighted by atomic mass is 19.1. The molecule has 0 aliphatic heterocycles. The SMILES string of the molecule is Cc1ncc(Nc2nc(NC3CCC[C@@H](OCc4ccccc4)[C@@H]3N)c(F)cc2C(N)=O)cc1-n1nccn1. The second-order valence-corrected chi connectivity index (χ2v) is 9.45. The van der Waals surface area contributed by atoms with Gasteiger partial charge < -0.3 is 26.8 Å². The number of carbonyl (C=O) groups excluding carboxylic acids is 1. The van der Waals surface area contributed by atoms with E-state index in [2.05, 4.69) is 30.8 Å². The summed E-state index contributed by atoms with van der Waals surface area (Å²) in [7, 11) is 0. The molecule has 1 aliphatic rings. The molecule has 1 amide bonds. The molecule has 39 heavy (non-hydrogen) atoms. The molecule has 0 bridgehead atoms. The minimum absolute atomic E-state index is 0.0410. The smallest absolute Gasteiger partial charge is 0.252 e. The van der Waals surface area contributed by atoms with Gasteiger partial charge in [-0.3, -0.25) is 9.78 Å². The molecule has 4 aromatic rings. The van der Waals surface area contributed by atoms with E-state index in [4.69, 9.17) is 16.2 Å². The fourth-order valence-corrected chi connectivity index (χ4v) is 4.64. The van der Waals surface area contributed by atoms with E-state index in [1.165, 1.54) is 4.80 Å². The second-order valence-electron chi connectivity index (χ2n) is 9.45. The molecule has 0 saturated heterocycles. The normalized spacial score (nSPS) is 19.0. The lowest BCUT2D eigenvalue weighted by atomic mass is 9.88. The maximum Gasteiger partial charge on any atom is 0.252 e. The predicted molar refractivity (Wildman–Crippen MR) is 144 cm³/mol. The van der Waals surface area contributed by atoms with E-state index in [1.807, 2.05) is 37.3 Å². The van der Waals surface area contributed by atoms with Gasteiger partial charge in [-0.25, -0.2) is 9.37 Å². The molecule has 3 aromatic heterocycles. The maximum atomic E-state index is 15.1. The van der Waals surface area contributed by atoms with Gasteiger partial charge in [0.2, 0.25) is 0 Å². The average molecular weight is 532 g/mol. The van der Waals surface area contributed by atoms with Crippen molar-refractivity contribution in [1.82, 2.24) is 25.0 Å². The zero-order chi connectivity index (χ0) is 27.4. The van der Waals surface area contributed by atoms with Crippen LogP contribution in [0.1, 0.15) is 40.9 Å². The lowest BCUT2D eigenvalue weighted by Crippen LogP contribution is -2.52. The first-order valence-corrected chi connectivity index (χ1v) is 12.7. The minimum atomic E-state index is -0.826. The zero-order valence-electron chi connectivity index (χ0n) is 21.4. The first-order chi connectivity index (χ1) is 18.9. The fourth-order valence-electron chi connectivity index (χ4n) is 4.64. The molecule has 202 valence electrons. The predicted octanol–water partition coefficient (Wildman–Crippen LogP) is 3.22. The van der Waals surface area contributed by atoms with Gasteiger partial charge in [0.1, 0.15) is 11.5 Å². The van der Waals surface area contributed by atoms with Crippen LogP contribution in [0.3, 0.4) is 0 Å². The number of ether oxygens (including phenoxy) is 1. The molecule has 0 spiro atoms. The maximum absolute atomic E-state index is 15.1. The Morgan fingerprint density at radius 3 is 2.67 bits per heavy atom. The largest absolute Gasteiger partial charge is 0.372 e. The highest BCUT2D eigenvalue weighted by Crippen LogP contribution is 2.28. The van der Waals surface area contributed by atoms with Crippen LogP contribution in [0.25, 0.3) is 5.69 Å². The number of primary amides is 1. The molecule has 6 N–H and O–H groups in total. The van der Waals surface area contributed by atoms with Gasteiger partial charge in [-0.1, -0.05) is 30.3 Å². The van der Waals surface area contributed by atoms with Crippen LogP contribution in [0.4, 0.5) is 21.7 Å². The summed E-state index contributed by atoms with van der Waals surface area (Å²) < 4.78 is 21.2. The third-order valence-corrected chi connectivity index (χ3v) is 6.73. The number of anilines is 3. The summed E-state index contributed by atoms with van der Waals surface area (Å²) in [6.07, 6.45) is 6.86. The highest BCUT2D eigenvalue weighted by Gasteiger charge is 2.32. The Bertz CT molecular complexity index is 1430. The van der Waals surface area contributed by atoms with E-state index in [1.54, 1.807) is 24.7 Å². The Balaban J connectivity index is 1.35. The van der Waals surface area contributed by atoms with Crippen LogP contribution < -0.4 is 22.1 Å². The van der Waals surface area contributed by atoms with Crippen molar-refractivity contribution in [3.63, 3.8) is 0 Å². The number of rotatable bonds is 9. The van der Waals surface area contributed by atoms with Crippen molar-refractivity contribution in [2.45, 2.75) is 51.0 Å². The van der Waals surface area contributed by atoms with Gasteiger partial charge in [0.15, 0.2) is 11.6 Å². The van der Waals surface area contributed by atoms with Crippen molar-refractivity contribution in [3.05, 3.63) is 83.7 Å². The minimum Gasteiger partial charge on any atom is -0.372 e. The molecule has 1 unspecified atom stereocenters. The molecule has 0 radical (unpaired) electrons. The molecule has 11 nitrogen and oxygen atoms in total. The number of hydrogen-bond donors (Lipinski definition) is 4. The third kappa shape index (κ3) is 6.02. The molecule has 1 fully saturated rings. The Kier molecular flexibility index (Phi) is 7.75. The van der Waals surface area contributed by atoms with E-state index in [0.717, 1.165) is 30.9 Å². The summed E-state index contributed by atoms with van der Waals surface area (Å²) >= 11 is 0. The summed E-state index contributed by atoms with van der Waals surface area (Å²) in [6.45, 7) is 2.26.